The fraction of sp³-hybridized carbons (Fsp3) is 0.906. The van der Waals surface area contributed by atoms with Gasteiger partial charge in [0.1, 0.15) is 18.3 Å². The minimum atomic E-state index is -1.96. The topological polar surface area (TPSA) is 165 Å². The number of aliphatic hydroxyl groups is 3. The molecule has 0 amide bonds. The number of carbonyl (C=O) groups is 3. The highest BCUT2D eigenvalue weighted by atomic mass is 16.8. The predicted octanol–water partition coefficient (Wildman–Crippen LogP) is 1.48. The first kappa shape index (κ1) is 28.7. The number of esters is 3. The zero-order valence-corrected chi connectivity index (χ0v) is 25.9. The van der Waals surface area contributed by atoms with Gasteiger partial charge in [0.25, 0.3) is 0 Å². The summed E-state index contributed by atoms with van der Waals surface area (Å²) in [6.45, 7) is 12.1. The molecule has 43 heavy (non-hydrogen) atoms. The lowest BCUT2D eigenvalue weighted by Gasteiger charge is -2.65. The number of hydrogen-bond acceptors (Lipinski definition) is 11. The Bertz CT molecular complexity index is 1330. The second-order valence-electron chi connectivity index (χ2n) is 16.1. The van der Waals surface area contributed by atoms with Gasteiger partial charge in [0.15, 0.2) is 5.60 Å². The molecule has 3 saturated heterocycles. The van der Waals surface area contributed by atoms with Crippen molar-refractivity contribution in [2.45, 2.75) is 128 Å². The summed E-state index contributed by atoms with van der Waals surface area (Å²) in [6.07, 6.45) is -1.28. The number of carbonyl (C=O) groups excluding carboxylic acids is 3. The highest BCUT2D eigenvalue weighted by molar-refractivity contribution is 5.84. The highest BCUT2D eigenvalue weighted by Gasteiger charge is 2.93. The maximum Gasteiger partial charge on any atom is 0.341 e. The third-order valence-corrected chi connectivity index (χ3v) is 14.6. The molecule has 238 valence electrons. The Labute approximate surface area is 250 Å². The van der Waals surface area contributed by atoms with E-state index in [4.69, 9.17) is 23.7 Å². The Balaban J connectivity index is 1.35. The highest BCUT2D eigenvalue weighted by Crippen LogP contribution is 2.81. The Morgan fingerprint density at radius 1 is 0.930 bits per heavy atom. The van der Waals surface area contributed by atoms with E-state index in [1.54, 1.807) is 6.92 Å². The molecule has 8 fully saturated rings. The summed E-state index contributed by atoms with van der Waals surface area (Å²) < 4.78 is 30.5. The number of rotatable bonds is 2. The van der Waals surface area contributed by atoms with Crippen LogP contribution in [0.4, 0.5) is 0 Å². The van der Waals surface area contributed by atoms with E-state index in [2.05, 4.69) is 13.8 Å². The molecule has 18 atom stereocenters. The lowest BCUT2D eigenvalue weighted by atomic mass is 9.41. The Kier molecular flexibility index (Phi) is 5.30. The molecular weight excluding hydrogens is 560 g/mol. The first-order valence-corrected chi connectivity index (χ1v) is 15.9. The fourth-order valence-electron chi connectivity index (χ4n) is 12.6. The molecule has 3 heterocycles. The normalized spacial score (nSPS) is 63.5. The van der Waals surface area contributed by atoms with E-state index >= 15 is 0 Å². The quantitative estimate of drug-likeness (QED) is 0.238. The molecule has 3 N–H and O–H groups in total. The van der Waals surface area contributed by atoms with Crippen molar-refractivity contribution in [2.24, 2.45) is 51.8 Å². The Hall–Kier alpha value is -1.79. The van der Waals surface area contributed by atoms with E-state index in [0.29, 0.717) is 19.3 Å². The van der Waals surface area contributed by atoms with Crippen LogP contribution >= 0.6 is 0 Å². The minimum absolute atomic E-state index is 0.0195. The summed E-state index contributed by atoms with van der Waals surface area (Å²) in [5.41, 5.74) is -5.92. The average Bonchev–Trinajstić information content (AvgIpc) is 3.77. The van der Waals surface area contributed by atoms with Gasteiger partial charge in [0, 0.05) is 49.4 Å². The van der Waals surface area contributed by atoms with Crippen LogP contribution in [0, 0.1) is 51.8 Å². The van der Waals surface area contributed by atoms with Crippen LogP contribution in [-0.4, -0.2) is 86.8 Å². The standard InChI is InChI=1S/C32H44O11/c1-12-21-23(29(6)30(7,37)26(36)43-32(29)25(12)42-32)24(40-14(3)34)22-20-15(8-19(28(21,22)5)39-13(2)33)27(4)10-17-18(41-17)11-31(27,38)9-16(20)35/h12,15-25,35,37-38H,8-11H2,1-7H3/t12-,15?,16-,17+,18-,19-,20?,21-,22+,23-,24+,25+,27+,28+,29-,30+,31+,32-/m0/s1. The van der Waals surface area contributed by atoms with Crippen molar-refractivity contribution >= 4 is 17.9 Å². The molecule has 2 unspecified atom stereocenters. The number of aliphatic hydroxyl groups excluding tert-OH is 1. The van der Waals surface area contributed by atoms with E-state index in [1.807, 2.05) is 6.92 Å². The molecule has 5 saturated carbocycles. The Morgan fingerprint density at radius 3 is 2.23 bits per heavy atom. The van der Waals surface area contributed by atoms with Gasteiger partial charge in [-0.2, -0.15) is 0 Å². The van der Waals surface area contributed by atoms with Crippen molar-refractivity contribution in [3.8, 4) is 0 Å². The van der Waals surface area contributed by atoms with Crippen molar-refractivity contribution in [1.82, 2.24) is 0 Å². The number of ether oxygens (including phenoxy) is 5. The van der Waals surface area contributed by atoms with Gasteiger partial charge in [-0.3, -0.25) is 9.59 Å². The zero-order valence-electron chi connectivity index (χ0n) is 25.9. The van der Waals surface area contributed by atoms with Gasteiger partial charge in [0.05, 0.1) is 29.3 Å². The molecule has 0 radical (unpaired) electrons. The molecule has 0 aromatic rings. The van der Waals surface area contributed by atoms with Gasteiger partial charge in [0.2, 0.25) is 5.79 Å². The molecule has 0 aromatic heterocycles. The zero-order chi connectivity index (χ0) is 31.0. The second kappa shape index (κ2) is 7.94. The van der Waals surface area contributed by atoms with Crippen molar-refractivity contribution in [3.63, 3.8) is 0 Å². The predicted molar refractivity (Wildman–Crippen MR) is 144 cm³/mol. The first-order chi connectivity index (χ1) is 19.9. The minimum Gasteiger partial charge on any atom is -0.462 e. The molecule has 8 aliphatic rings. The van der Waals surface area contributed by atoms with E-state index < -0.39 is 93.3 Å². The summed E-state index contributed by atoms with van der Waals surface area (Å²) >= 11 is 0. The molecule has 11 heteroatoms. The van der Waals surface area contributed by atoms with E-state index in [0.717, 1.165) is 0 Å². The smallest absolute Gasteiger partial charge is 0.341 e. The molecule has 8 rings (SSSR count). The van der Waals surface area contributed by atoms with Crippen LogP contribution in [0.15, 0.2) is 0 Å². The SMILES string of the molecule is CC(=O)O[C@H]1[C@@H]2[C@H]([C@H](C)[C@H]3O[C@]34OC(=O)[C@@](C)(O)[C@]24C)[C@@]2(C)[C@@H](OC(C)=O)CC3C([C@H]12)[C@@H](O)C[C@@]1(O)C[C@@H]2O[C@@H]2C[C@]31C. The van der Waals surface area contributed by atoms with Crippen LogP contribution < -0.4 is 0 Å². The van der Waals surface area contributed by atoms with E-state index in [1.165, 1.54) is 20.8 Å². The molecule has 3 aliphatic heterocycles. The third kappa shape index (κ3) is 2.99. The fourth-order valence-corrected chi connectivity index (χ4v) is 12.6. The summed E-state index contributed by atoms with van der Waals surface area (Å²) in [6, 6.07) is 0. The van der Waals surface area contributed by atoms with Gasteiger partial charge in [-0.15, -0.1) is 0 Å². The monoisotopic (exact) mass is 604 g/mol. The largest absolute Gasteiger partial charge is 0.462 e. The summed E-state index contributed by atoms with van der Waals surface area (Å²) in [7, 11) is 0. The maximum absolute atomic E-state index is 13.3. The van der Waals surface area contributed by atoms with Gasteiger partial charge >= 0.3 is 17.9 Å². The third-order valence-electron chi connectivity index (χ3n) is 14.6. The molecule has 0 aromatic carbocycles. The second-order valence-corrected chi connectivity index (χ2v) is 16.1. The molecule has 11 nitrogen and oxygen atoms in total. The van der Waals surface area contributed by atoms with Crippen molar-refractivity contribution in [3.05, 3.63) is 0 Å². The maximum atomic E-state index is 13.3. The van der Waals surface area contributed by atoms with E-state index in [-0.39, 0.29) is 36.4 Å². The average molecular weight is 605 g/mol. The number of hydrogen-bond donors (Lipinski definition) is 3. The van der Waals surface area contributed by atoms with Crippen LogP contribution in [-0.2, 0) is 38.1 Å². The van der Waals surface area contributed by atoms with Crippen LogP contribution in [0.5, 0.6) is 0 Å². The first-order valence-electron chi connectivity index (χ1n) is 15.9. The van der Waals surface area contributed by atoms with E-state index in [9.17, 15) is 29.7 Å². The lowest BCUT2D eigenvalue weighted by molar-refractivity contribution is -0.261. The van der Waals surface area contributed by atoms with Crippen molar-refractivity contribution < 1.29 is 53.4 Å². The van der Waals surface area contributed by atoms with Crippen LogP contribution in [0.1, 0.15) is 74.1 Å². The van der Waals surface area contributed by atoms with Gasteiger partial charge in [-0.25, -0.2) is 4.79 Å². The van der Waals surface area contributed by atoms with Crippen molar-refractivity contribution in [2.75, 3.05) is 0 Å². The molecule has 1 spiro atoms. The molecular formula is C32H44O11. The molecule has 5 aliphatic carbocycles. The lowest BCUT2D eigenvalue weighted by Crippen LogP contribution is -2.69. The van der Waals surface area contributed by atoms with Crippen LogP contribution in [0.25, 0.3) is 0 Å². The Morgan fingerprint density at radius 2 is 1.58 bits per heavy atom. The molecule has 0 bridgehead atoms. The van der Waals surface area contributed by atoms with Crippen LogP contribution in [0.2, 0.25) is 0 Å². The summed E-state index contributed by atoms with van der Waals surface area (Å²) in [5, 5.41) is 36.1. The summed E-state index contributed by atoms with van der Waals surface area (Å²) in [4.78, 5) is 38.9. The summed E-state index contributed by atoms with van der Waals surface area (Å²) in [5.74, 6) is -5.49. The van der Waals surface area contributed by atoms with Gasteiger partial charge in [-0.1, -0.05) is 20.8 Å². The van der Waals surface area contributed by atoms with Crippen LogP contribution in [0.3, 0.4) is 0 Å². The van der Waals surface area contributed by atoms with Crippen molar-refractivity contribution in [1.29, 1.82) is 0 Å². The van der Waals surface area contributed by atoms with Gasteiger partial charge < -0.3 is 39.0 Å². The number of fused-ring (bicyclic) bond motifs is 9. The van der Waals surface area contributed by atoms with Gasteiger partial charge in [-0.05, 0) is 50.4 Å². The number of epoxide rings is 2.